The Balaban J connectivity index is 2.18. The number of nitrogens with one attached hydrogen (secondary N) is 1. The summed E-state index contributed by atoms with van der Waals surface area (Å²) in [5.41, 5.74) is 1.31. The van der Waals surface area contributed by atoms with Gasteiger partial charge in [0, 0.05) is 10.5 Å². The van der Waals surface area contributed by atoms with Gasteiger partial charge in [-0.1, -0.05) is 36.9 Å². The molecule has 1 atom stereocenters. The summed E-state index contributed by atoms with van der Waals surface area (Å²) in [6, 6.07) is 6.75. The maximum atomic E-state index is 6.18. The minimum atomic E-state index is 0.445. The highest BCUT2D eigenvalue weighted by Gasteiger charge is 2.23. The molecule has 0 aliphatic heterocycles. The van der Waals surface area contributed by atoms with Crippen molar-refractivity contribution in [2.24, 2.45) is 5.92 Å². The van der Waals surface area contributed by atoms with Gasteiger partial charge < -0.3 is 5.32 Å². The fourth-order valence-electron chi connectivity index (χ4n) is 2.85. The lowest BCUT2D eigenvalue weighted by Gasteiger charge is -2.30. The molecule has 1 unspecified atom stereocenters. The van der Waals surface area contributed by atoms with Crippen molar-refractivity contribution in [3.05, 3.63) is 33.3 Å². The van der Waals surface area contributed by atoms with Crippen LogP contribution in [0.25, 0.3) is 0 Å². The van der Waals surface area contributed by atoms with Crippen LogP contribution in [0.15, 0.2) is 22.7 Å². The molecule has 1 N–H and O–H groups in total. The van der Waals surface area contributed by atoms with E-state index >= 15 is 0 Å². The highest BCUT2D eigenvalue weighted by atomic mass is 79.9. The highest BCUT2D eigenvalue weighted by molar-refractivity contribution is 9.10. The van der Waals surface area contributed by atoms with Crippen molar-refractivity contribution in [2.75, 3.05) is 7.05 Å². The van der Waals surface area contributed by atoms with E-state index in [1.165, 1.54) is 37.7 Å². The maximum Gasteiger partial charge on any atom is 0.0551 e. The molecule has 1 aliphatic carbocycles. The van der Waals surface area contributed by atoms with Gasteiger partial charge in [-0.2, -0.15) is 0 Å². The van der Waals surface area contributed by atoms with Crippen LogP contribution in [-0.4, -0.2) is 7.05 Å². The summed E-state index contributed by atoms with van der Waals surface area (Å²) in [6.07, 6.45) is 6.80. The first kappa shape index (κ1) is 13.4. The molecular formula is C14H19BrClN. The topological polar surface area (TPSA) is 12.0 Å². The predicted molar refractivity (Wildman–Crippen MR) is 77.5 cm³/mol. The Morgan fingerprint density at radius 2 is 2.00 bits per heavy atom. The third-order valence-corrected chi connectivity index (χ3v) is 4.97. The summed E-state index contributed by atoms with van der Waals surface area (Å²) >= 11 is 9.62. The van der Waals surface area contributed by atoms with Crippen molar-refractivity contribution >= 4 is 27.5 Å². The van der Waals surface area contributed by atoms with Gasteiger partial charge in [-0.05, 0) is 59.4 Å². The quantitative estimate of drug-likeness (QED) is 0.832. The van der Waals surface area contributed by atoms with E-state index in [1.807, 2.05) is 6.07 Å². The summed E-state index contributed by atoms with van der Waals surface area (Å²) in [5.74, 6) is 0.756. The fourth-order valence-corrected chi connectivity index (χ4v) is 3.28. The normalized spacial score (nSPS) is 19.2. The van der Waals surface area contributed by atoms with Crippen LogP contribution in [0.4, 0.5) is 0 Å². The first-order valence-corrected chi connectivity index (χ1v) is 7.51. The molecule has 94 valence electrons. The zero-order valence-corrected chi connectivity index (χ0v) is 12.5. The number of hydrogen-bond acceptors (Lipinski definition) is 1. The monoisotopic (exact) mass is 315 g/mol. The second-order valence-electron chi connectivity index (χ2n) is 4.84. The Hall–Kier alpha value is -0.0500. The number of hydrogen-bond donors (Lipinski definition) is 1. The van der Waals surface area contributed by atoms with Crippen LogP contribution in [0.3, 0.4) is 0 Å². The molecule has 1 aromatic rings. The molecule has 1 saturated carbocycles. The largest absolute Gasteiger partial charge is 0.313 e. The van der Waals surface area contributed by atoms with Crippen molar-refractivity contribution in [1.29, 1.82) is 0 Å². The number of benzene rings is 1. The summed E-state index contributed by atoms with van der Waals surface area (Å²) < 4.78 is 0.974. The fraction of sp³-hybridized carbons (Fsp3) is 0.571. The van der Waals surface area contributed by atoms with E-state index in [4.69, 9.17) is 11.6 Å². The van der Waals surface area contributed by atoms with Crippen LogP contribution in [0.5, 0.6) is 0 Å². The first-order chi connectivity index (χ1) is 8.22. The smallest absolute Gasteiger partial charge is 0.0551 e. The standard InChI is InChI=1S/C14H19BrClN/c1-17-14(10-5-3-2-4-6-10)11-7-8-12(15)13(16)9-11/h7-10,14,17H,2-6H2,1H3. The molecule has 0 spiro atoms. The van der Waals surface area contributed by atoms with Crippen LogP contribution < -0.4 is 5.32 Å². The highest BCUT2D eigenvalue weighted by Crippen LogP contribution is 2.36. The molecular weight excluding hydrogens is 298 g/mol. The van der Waals surface area contributed by atoms with Gasteiger partial charge in [0.25, 0.3) is 0 Å². The molecule has 0 saturated heterocycles. The van der Waals surface area contributed by atoms with Crippen molar-refractivity contribution in [3.63, 3.8) is 0 Å². The van der Waals surface area contributed by atoms with E-state index < -0.39 is 0 Å². The Labute approximate surface area is 117 Å². The molecule has 0 amide bonds. The van der Waals surface area contributed by atoms with E-state index in [-0.39, 0.29) is 0 Å². The van der Waals surface area contributed by atoms with Gasteiger partial charge in [-0.15, -0.1) is 0 Å². The average Bonchev–Trinajstić information content (AvgIpc) is 2.36. The van der Waals surface area contributed by atoms with Crippen molar-refractivity contribution in [3.8, 4) is 0 Å². The van der Waals surface area contributed by atoms with Crippen LogP contribution >= 0.6 is 27.5 Å². The summed E-state index contributed by atoms with van der Waals surface area (Å²) in [6.45, 7) is 0. The molecule has 0 aromatic heterocycles. The molecule has 0 radical (unpaired) electrons. The van der Waals surface area contributed by atoms with Crippen LogP contribution in [0.2, 0.25) is 5.02 Å². The van der Waals surface area contributed by atoms with E-state index in [0.29, 0.717) is 6.04 Å². The van der Waals surface area contributed by atoms with Crippen molar-refractivity contribution < 1.29 is 0 Å². The summed E-state index contributed by atoms with van der Waals surface area (Å²) in [7, 11) is 2.05. The second kappa shape index (κ2) is 6.21. The minimum absolute atomic E-state index is 0.445. The van der Waals surface area contributed by atoms with Crippen LogP contribution in [0.1, 0.15) is 43.7 Å². The van der Waals surface area contributed by atoms with Gasteiger partial charge in [-0.25, -0.2) is 0 Å². The van der Waals surface area contributed by atoms with E-state index in [0.717, 1.165) is 15.4 Å². The van der Waals surface area contributed by atoms with Gasteiger partial charge in [0.15, 0.2) is 0 Å². The van der Waals surface area contributed by atoms with Gasteiger partial charge in [0.1, 0.15) is 0 Å². The van der Waals surface area contributed by atoms with Gasteiger partial charge in [-0.3, -0.25) is 0 Å². The van der Waals surface area contributed by atoms with Gasteiger partial charge in [0.05, 0.1) is 5.02 Å². The summed E-state index contributed by atoms with van der Waals surface area (Å²) in [4.78, 5) is 0. The van der Waals surface area contributed by atoms with Crippen LogP contribution in [-0.2, 0) is 0 Å². The van der Waals surface area contributed by atoms with E-state index in [9.17, 15) is 0 Å². The number of halogens is 2. The molecule has 1 aliphatic rings. The van der Waals surface area contributed by atoms with Crippen molar-refractivity contribution in [2.45, 2.75) is 38.1 Å². The number of rotatable bonds is 3. The Bertz CT molecular complexity index is 374. The molecule has 0 bridgehead atoms. The predicted octanol–water partition coefficient (Wildman–Crippen LogP) is 4.94. The molecule has 17 heavy (non-hydrogen) atoms. The summed E-state index contributed by atoms with van der Waals surface area (Å²) in [5, 5.41) is 4.27. The lowest BCUT2D eigenvalue weighted by molar-refractivity contribution is 0.281. The minimum Gasteiger partial charge on any atom is -0.313 e. The lowest BCUT2D eigenvalue weighted by Crippen LogP contribution is -2.26. The van der Waals surface area contributed by atoms with Crippen molar-refractivity contribution in [1.82, 2.24) is 5.32 Å². The molecule has 3 heteroatoms. The Kier molecular flexibility index (Phi) is 4.89. The Morgan fingerprint density at radius 1 is 1.29 bits per heavy atom. The molecule has 2 rings (SSSR count). The average molecular weight is 317 g/mol. The molecule has 1 nitrogen and oxygen atoms in total. The molecule has 0 heterocycles. The van der Waals surface area contributed by atoms with Crippen LogP contribution in [0, 0.1) is 5.92 Å². The molecule has 1 fully saturated rings. The van der Waals surface area contributed by atoms with Gasteiger partial charge in [0.2, 0.25) is 0 Å². The zero-order chi connectivity index (χ0) is 12.3. The molecule has 1 aromatic carbocycles. The SMILES string of the molecule is CNC(c1ccc(Br)c(Cl)c1)C1CCCCC1. The van der Waals surface area contributed by atoms with Gasteiger partial charge >= 0.3 is 0 Å². The van der Waals surface area contributed by atoms with E-state index in [2.05, 4.69) is 40.4 Å². The lowest BCUT2D eigenvalue weighted by atomic mass is 9.81. The van der Waals surface area contributed by atoms with E-state index in [1.54, 1.807) is 0 Å². The second-order valence-corrected chi connectivity index (χ2v) is 6.10. The zero-order valence-electron chi connectivity index (χ0n) is 10.2. The first-order valence-electron chi connectivity index (χ1n) is 6.34. The Morgan fingerprint density at radius 3 is 2.59 bits per heavy atom. The third-order valence-electron chi connectivity index (χ3n) is 3.74. The third kappa shape index (κ3) is 3.24. The maximum absolute atomic E-state index is 6.18.